The summed E-state index contributed by atoms with van der Waals surface area (Å²) in [6.07, 6.45) is 0.919. The molecule has 0 aromatic heterocycles. The lowest BCUT2D eigenvalue weighted by Crippen LogP contribution is -2.49. The molecule has 0 heterocycles. The first-order chi connectivity index (χ1) is 31.3. The fourth-order valence-corrected chi connectivity index (χ4v) is 13.4. The van der Waals surface area contributed by atoms with Crippen LogP contribution in [0.5, 0.6) is 0 Å². The van der Waals surface area contributed by atoms with Gasteiger partial charge in [0.2, 0.25) is 0 Å². The van der Waals surface area contributed by atoms with Crippen LogP contribution in [0.4, 0.5) is 0 Å². The van der Waals surface area contributed by atoms with Crippen LogP contribution in [-0.4, -0.2) is 0 Å². The Morgan fingerprint density at radius 1 is 0.254 bits per heavy atom. The first kappa shape index (κ1) is 33.9. The molecule has 2 atom stereocenters. The van der Waals surface area contributed by atoms with Gasteiger partial charge in [0, 0.05) is 5.41 Å². The van der Waals surface area contributed by atoms with Crippen LogP contribution in [0.1, 0.15) is 33.4 Å². The summed E-state index contributed by atoms with van der Waals surface area (Å²) in [4.78, 5) is 0. The predicted molar refractivity (Wildman–Crippen MR) is 265 cm³/mol. The quantitative estimate of drug-likeness (QED) is 0.156. The number of benzene rings is 12. The Morgan fingerprint density at radius 3 is 1.22 bits per heavy atom. The van der Waals surface area contributed by atoms with Crippen molar-refractivity contribution in [2.24, 2.45) is 0 Å². The molecule has 0 heteroatoms. The highest BCUT2D eigenvalue weighted by Gasteiger charge is 2.67. The van der Waals surface area contributed by atoms with Crippen molar-refractivity contribution in [1.29, 1.82) is 0 Å². The topological polar surface area (TPSA) is 0 Å². The van der Waals surface area contributed by atoms with Crippen LogP contribution < -0.4 is 0 Å². The summed E-state index contributed by atoms with van der Waals surface area (Å²) < 4.78 is 0. The van der Waals surface area contributed by atoms with E-state index in [0.29, 0.717) is 0 Å². The fraction of sp³-hybridized carbons (Fsp3) is 0.0476. The molecule has 0 aliphatic heterocycles. The van der Waals surface area contributed by atoms with Crippen molar-refractivity contribution in [2.75, 3.05) is 0 Å². The third-order valence-corrected chi connectivity index (χ3v) is 15.7. The maximum Gasteiger partial charge on any atom is 0.0610 e. The first-order valence-electron chi connectivity index (χ1n) is 22.4. The van der Waals surface area contributed by atoms with E-state index in [1.165, 1.54) is 131 Å². The largest absolute Gasteiger partial charge is 0.0622 e. The van der Waals surface area contributed by atoms with Gasteiger partial charge in [0.15, 0.2) is 0 Å². The van der Waals surface area contributed by atoms with E-state index >= 15 is 0 Å². The molecular weight excluding hydrogens is 757 g/mol. The summed E-state index contributed by atoms with van der Waals surface area (Å²) in [5.74, 6) is 0. The van der Waals surface area contributed by atoms with Crippen LogP contribution in [0.15, 0.2) is 218 Å². The molecule has 3 aliphatic carbocycles. The van der Waals surface area contributed by atoms with Crippen LogP contribution >= 0.6 is 0 Å². The number of rotatable bonds is 3. The molecule has 3 aliphatic rings. The zero-order chi connectivity index (χ0) is 41.0. The zero-order valence-electron chi connectivity index (χ0n) is 34.5. The molecule has 0 amide bonds. The van der Waals surface area contributed by atoms with Gasteiger partial charge in [-0.25, -0.2) is 0 Å². The summed E-state index contributed by atoms with van der Waals surface area (Å²) in [5, 5.41) is 16.1. The average molecular weight is 795 g/mol. The van der Waals surface area contributed by atoms with Crippen molar-refractivity contribution in [1.82, 2.24) is 0 Å². The maximum atomic E-state index is 2.54. The molecule has 12 aromatic carbocycles. The Hall–Kier alpha value is -7.80. The SMILES string of the molecule is c1ccc(-c2ccc3c4c(cccc24)CC24c5ccc(-c6ccccc6)c6cccc(c56)C32c2cccc3c(-c5ccc6c7ccccc7c7ccccc7c6c5)ccc4c23)cc1. The molecule has 0 N–H and O–H groups in total. The molecule has 0 fully saturated rings. The molecule has 12 aromatic rings. The molecule has 0 saturated heterocycles. The first-order valence-corrected chi connectivity index (χ1v) is 22.4. The monoisotopic (exact) mass is 794 g/mol. The third-order valence-electron chi connectivity index (χ3n) is 15.7. The third kappa shape index (κ3) is 4.00. The smallest absolute Gasteiger partial charge is 0.0610 e. The van der Waals surface area contributed by atoms with Gasteiger partial charge in [-0.15, -0.1) is 0 Å². The minimum absolute atomic E-state index is 0.349. The Morgan fingerprint density at radius 2 is 0.667 bits per heavy atom. The second kappa shape index (κ2) is 12.0. The molecule has 0 radical (unpaired) electrons. The number of fused-ring (bicyclic) bond motifs is 6. The Kier molecular flexibility index (Phi) is 6.43. The lowest BCUT2D eigenvalue weighted by molar-refractivity contribution is 0.388. The van der Waals surface area contributed by atoms with Gasteiger partial charge in [0.25, 0.3) is 0 Å². The number of hydrogen-bond donors (Lipinski definition) is 0. The van der Waals surface area contributed by atoms with E-state index in [9.17, 15) is 0 Å². The van der Waals surface area contributed by atoms with E-state index in [4.69, 9.17) is 0 Å². The highest BCUT2D eigenvalue weighted by Crippen LogP contribution is 2.73. The molecule has 0 bridgehead atoms. The molecule has 15 rings (SSSR count). The van der Waals surface area contributed by atoms with Crippen LogP contribution in [0.2, 0.25) is 0 Å². The Labute approximate surface area is 365 Å². The average Bonchev–Trinajstić information content (AvgIpc) is 3.77. The van der Waals surface area contributed by atoms with Gasteiger partial charge in [0.05, 0.1) is 5.41 Å². The second-order valence-corrected chi connectivity index (χ2v) is 18.2. The van der Waals surface area contributed by atoms with Crippen LogP contribution in [0.3, 0.4) is 0 Å². The minimum atomic E-state index is -0.440. The summed E-state index contributed by atoms with van der Waals surface area (Å²) in [5.41, 5.74) is 15.5. The minimum Gasteiger partial charge on any atom is -0.0622 e. The van der Waals surface area contributed by atoms with Gasteiger partial charge < -0.3 is 0 Å². The van der Waals surface area contributed by atoms with Gasteiger partial charge in [0.1, 0.15) is 0 Å². The van der Waals surface area contributed by atoms with E-state index in [-0.39, 0.29) is 5.41 Å². The molecule has 0 spiro atoms. The van der Waals surface area contributed by atoms with Gasteiger partial charge in [-0.1, -0.05) is 212 Å². The normalized spacial score (nSPS) is 17.9. The summed E-state index contributed by atoms with van der Waals surface area (Å²) in [6, 6.07) is 83.5. The Balaban J connectivity index is 1.06. The summed E-state index contributed by atoms with van der Waals surface area (Å²) in [7, 11) is 0. The van der Waals surface area contributed by atoms with Crippen molar-refractivity contribution in [3.05, 3.63) is 252 Å². The number of hydrogen-bond acceptors (Lipinski definition) is 0. The van der Waals surface area contributed by atoms with E-state index in [0.717, 1.165) is 6.42 Å². The van der Waals surface area contributed by atoms with Gasteiger partial charge >= 0.3 is 0 Å². The molecular formula is C63H38. The van der Waals surface area contributed by atoms with Crippen LogP contribution in [-0.2, 0) is 17.3 Å². The van der Waals surface area contributed by atoms with Crippen molar-refractivity contribution in [3.8, 4) is 33.4 Å². The van der Waals surface area contributed by atoms with Crippen LogP contribution in [0, 0.1) is 0 Å². The van der Waals surface area contributed by atoms with Crippen molar-refractivity contribution in [2.45, 2.75) is 17.3 Å². The van der Waals surface area contributed by atoms with E-state index in [1.807, 2.05) is 0 Å². The molecule has 2 unspecified atom stereocenters. The summed E-state index contributed by atoms with van der Waals surface area (Å²) in [6.45, 7) is 0. The Bertz CT molecular complexity index is 3950. The highest BCUT2D eigenvalue weighted by atomic mass is 14.7. The van der Waals surface area contributed by atoms with Crippen molar-refractivity contribution < 1.29 is 0 Å². The lowest BCUT2D eigenvalue weighted by atomic mass is 9.51. The van der Waals surface area contributed by atoms with Gasteiger partial charge in [-0.05, 0) is 144 Å². The van der Waals surface area contributed by atoms with E-state index in [2.05, 4.69) is 218 Å². The zero-order valence-corrected chi connectivity index (χ0v) is 34.5. The summed E-state index contributed by atoms with van der Waals surface area (Å²) >= 11 is 0. The standard InChI is InChI=1S/C63H38/c1-3-14-38(15-4-1)42-32-35-58-59-41(18-11-23-50(42)59)37-62-54-33-30-43(39-16-5-2-6-17-39)51-24-12-26-56(60(51)54)63(58,62)57-27-13-25-52-44(31-34-55(62)61(52)57)40-28-29-49-47-21-8-7-19-45(47)46-20-9-10-22-48(46)53(49)36-40/h1-36H,37H2. The molecule has 0 saturated carbocycles. The van der Waals surface area contributed by atoms with E-state index in [1.54, 1.807) is 0 Å². The van der Waals surface area contributed by atoms with Crippen molar-refractivity contribution in [3.63, 3.8) is 0 Å². The second-order valence-electron chi connectivity index (χ2n) is 18.2. The van der Waals surface area contributed by atoms with Gasteiger partial charge in [-0.2, -0.15) is 0 Å². The van der Waals surface area contributed by atoms with E-state index < -0.39 is 5.41 Å². The van der Waals surface area contributed by atoms with Crippen molar-refractivity contribution >= 4 is 64.6 Å². The molecule has 290 valence electrons. The maximum absolute atomic E-state index is 2.54. The van der Waals surface area contributed by atoms with Gasteiger partial charge in [-0.3, -0.25) is 0 Å². The molecule has 0 nitrogen and oxygen atoms in total. The lowest BCUT2D eigenvalue weighted by Gasteiger charge is -2.49. The predicted octanol–water partition coefficient (Wildman–Crippen LogP) is 16.1. The highest BCUT2D eigenvalue weighted by molar-refractivity contribution is 6.26. The molecule has 63 heavy (non-hydrogen) atoms. The fourth-order valence-electron chi connectivity index (χ4n) is 13.4. The van der Waals surface area contributed by atoms with Crippen LogP contribution in [0.25, 0.3) is 98.0 Å².